The number of nitrogens with zero attached hydrogens (tertiary/aromatic N) is 4. The van der Waals surface area contributed by atoms with E-state index in [1.807, 2.05) is 5.38 Å². The van der Waals surface area contributed by atoms with E-state index in [9.17, 15) is 4.79 Å². The molecule has 8 heteroatoms. The number of H-pyrrole nitrogens is 1. The van der Waals surface area contributed by atoms with Crippen molar-refractivity contribution in [1.82, 2.24) is 24.7 Å². The van der Waals surface area contributed by atoms with Gasteiger partial charge in [0.25, 0.3) is 5.56 Å². The number of fused-ring (bicyclic) bond motifs is 1. The second-order valence-electron chi connectivity index (χ2n) is 3.75. The topological polar surface area (TPSA) is 88.5 Å². The number of aromatic amines is 1. The quantitative estimate of drug-likeness (QED) is 0.726. The summed E-state index contributed by atoms with van der Waals surface area (Å²) >= 11 is 1.53. The fraction of sp³-hybridized carbons (Fsp3) is 0.200. The Morgan fingerprint density at radius 3 is 3.22 bits per heavy atom. The lowest BCUT2D eigenvalue weighted by molar-refractivity contribution is 0.792. The molecule has 3 rings (SSSR count). The fourth-order valence-corrected chi connectivity index (χ4v) is 2.23. The van der Waals surface area contributed by atoms with Crippen molar-refractivity contribution in [3.8, 4) is 0 Å². The number of thiazole rings is 1. The summed E-state index contributed by atoms with van der Waals surface area (Å²) in [6, 6.07) is 0. The average molecular weight is 262 g/mol. The molecule has 0 fully saturated rings. The summed E-state index contributed by atoms with van der Waals surface area (Å²) in [4.78, 5) is 22.9. The summed E-state index contributed by atoms with van der Waals surface area (Å²) in [5.74, 6) is 0.425. The number of nitrogens with one attached hydrogen (secondary N) is 2. The molecule has 0 saturated carbocycles. The van der Waals surface area contributed by atoms with Crippen LogP contribution in [0.15, 0.2) is 21.9 Å². The molecule has 0 aliphatic rings. The normalized spacial score (nSPS) is 10.9. The average Bonchev–Trinajstić information content (AvgIpc) is 2.97. The first-order valence-corrected chi connectivity index (χ1v) is 6.21. The fourth-order valence-electron chi connectivity index (χ4n) is 1.67. The summed E-state index contributed by atoms with van der Waals surface area (Å²) in [7, 11) is 1.71. The molecule has 0 radical (unpaired) electrons. The number of aromatic nitrogens is 5. The van der Waals surface area contributed by atoms with Gasteiger partial charge in [0.1, 0.15) is 5.52 Å². The zero-order valence-electron chi connectivity index (χ0n) is 9.54. The van der Waals surface area contributed by atoms with E-state index >= 15 is 0 Å². The van der Waals surface area contributed by atoms with Crippen molar-refractivity contribution in [2.45, 2.75) is 6.54 Å². The minimum atomic E-state index is -0.208. The van der Waals surface area contributed by atoms with Crippen LogP contribution in [-0.4, -0.2) is 24.7 Å². The van der Waals surface area contributed by atoms with Gasteiger partial charge in [-0.3, -0.25) is 14.5 Å². The molecule has 3 aromatic heterocycles. The maximum Gasteiger partial charge on any atom is 0.278 e. The minimum Gasteiger partial charge on any atom is -0.350 e. The molecule has 7 nitrogen and oxygen atoms in total. The molecule has 0 aliphatic heterocycles. The van der Waals surface area contributed by atoms with Gasteiger partial charge in [0.05, 0.1) is 23.9 Å². The molecular weight excluding hydrogens is 252 g/mol. The van der Waals surface area contributed by atoms with Crippen molar-refractivity contribution in [1.29, 1.82) is 0 Å². The second kappa shape index (κ2) is 4.22. The predicted octanol–water partition coefficient (Wildman–Crippen LogP) is 0.725. The molecule has 0 spiro atoms. The largest absolute Gasteiger partial charge is 0.350 e. The zero-order valence-corrected chi connectivity index (χ0v) is 10.4. The summed E-state index contributed by atoms with van der Waals surface area (Å²) < 4.78 is 1.51. The van der Waals surface area contributed by atoms with Crippen LogP contribution in [-0.2, 0) is 13.6 Å². The Bertz CT molecular complexity index is 728. The molecule has 0 aromatic carbocycles. The van der Waals surface area contributed by atoms with Crippen LogP contribution in [0, 0.1) is 0 Å². The summed E-state index contributed by atoms with van der Waals surface area (Å²) in [6.07, 6.45) is 1.57. The Kier molecular flexibility index (Phi) is 2.56. The van der Waals surface area contributed by atoms with Gasteiger partial charge in [-0.15, -0.1) is 11.3 Å². The Labute approximate surface area is 106 Å². The minimum absolute atomic E-state index is 0.208. The van der Waals surface area contributed by atoms with Gasteiger partial charge in [0.15, 0.2) is 5.52 Å². The first-order chi connectivity index (χ1) is 8.74. The van der Waals surface area contributed by atoms with Crippen LogP contribution in [0.5, 0.6) is 0 Å². The lowest BCUT2D eigenvalue weighted by atomic mass is 10.4. The van der Waals surface area contributed by atoms with Crippen LogP contribution in [0.4, 0.5) is 5.95 Å². The van der Waals surface area contributed by atoms with Gasteiger partial charge in [-0.25, -0.2) is 9.97 Å². The molecule has 0 saturated heterocycles. The molecule has 0 amide bonds. The van der Waals surface area contributed by atoms with Crippen LogP contribution in [0.25, 0.3) is 11.0 Å². The molecule has 0 unspecified atom stereocenters. The third-order valence-corrected chi connectivity index (χ3v) is 3.15. The van der Waals surface area contributed by atoms with E-state index in [0.29, 0.717) is 23.5 Å². The summed E-state index contributed by atoms with van der Waals surface area (Å²) in [5.41, 5.74) is 3.50. The van der Waals surface area contributed by atoms with Crippen molar-refractivity contribution < 1.29 is 0 Å². The third kappa shape index (κ3) is 1.86. The number of hydrogen-bond acceptors (Lipinski definition) is 6. The summed E-state index contributed by atoms with van der Waals surface area (Å²) in [5, 5.41) is 8.97. The second-order valence-corrected chi connectivity index (χ2v) is 4.47. The van der Waals surface area contributed by atoms with Crippen molar-refractivity contribution in [2.24, 2.45) is 7.05 Å². The van der Waals surface area contributed by atoms with Crippen LogP contribution < -0.4 is 10.9 Å². The van der Waals surface area contributed by atoms with Gasteiger partial charge in [-0.1, -0.05) is 0 Å². The molecule has 3 aromatic rings. The molecule has 0 bridgehead atoms. The highest BCUT2D eigenvalue weighted by molar-refractivity contribution is 7.07. The molecular formula is C10H10N6OS. The highest BCUT2D eigenvalue weighted by Crippen LogP contribution is 2.08. The highest BCUT2D eigenvalue weighted by atomic mass is 32.1. The Morgan fingerprint density at radius 2 is 2.44 bits per heavy atom. The maximum atomic E-state index is 11.8. The molecule has 3 heterocycles. The predicted molar refractivity (Wildman–Crippen MR) is 68.6 cm³/mol. The van der Waals surface area contributed by atoms with Gasteiger partial charge < -0.3 is 5.32 Å². The first kappa shape index (κ1) is 10.9. The number of aryl methyl sites for hydroxylation is 1. The smallest absolute Gasteiger partial charge is 0.278 e. The van der Waals surface area contributed by atoms with Crippen LogP contribution >= 0.6 is 11.3 Å². The number of anilines is 1. The van der Waals surface area contributed by atoms with Crippen LogP contribution in [0.3, 0.4) is 0 Å². The first-order valence-electron chi connectivity index (χ1n) is 5.27. The van der Waals surface area contributed by atoms with Gasteiger partial charge in [-0.05, 0) is 0 Å². The van der Waals surface area contributed by atoms with E-state index in [0.717, 1.165) is 5.69 Å². The highest BCUT2D eigenvalue weighted by Gasteiger charge is 2.07. The monoisotopic (exact) mass is 262 g/mol. The van der Waals surface area contributed by atoms with E-state index in [4.69, 9.17) is 0 Å². The van der Waals surface area contributed by atoms with E-state index in [2.05, 4.69) is 25.4 Å². The molecule has 92 valence electrons. The zero-order chi connectivity index (χ0) is 12.5. The van der Waals surface area contributed by atoms with Crippen LogP contribution in [0.2, 0.25) is 0 Å². The number of rotatable bonds is 3. The van der Waals surface area contributed by atoms with E-state index in [1.54, 1.807) is 18.8 Å². The van der Waals surface area contributed by atoms with Crippen molar-refractivity contribution in [2.75, 3.05) is 5.32 Å². The summed E-state index contributed by atoms with van der Waals surface area (Å²) in [6.45, 7) is 0.526. The maximum absolute atomic E-state index is 11.8. The van der Waals surface area contributed by atoms with E-state index < -0.39 is 0 Å². The van der Waals surface area contributed by atoms with Crippen molar-refractivity contribution in [3.05, 3.63) is 33.1 Å². The standard InChI is InChI=1S/C10H10N6OS/c1-16-8-7(3-13-16)14-10(15-9(8)17)11-2-6-4-18-5-12-6/h3-5H,2H2,1H3,(H2,11,14,15,17). The van der Waals surface area contributed by atoms with Crippen LogP contribution in [0.1, 0.15) is 5.69 Å². The van der Waals surface area contributed by atoms with E-state index in [1.165, 1.54) is 16.0 Å². The third-order valence-electron chi connectivity index (χ3n) is 2.52. The molecule has 18 heavy (non-hydrogen) atoms. The Morgan fingerprint density at radius 1 is 1.56 bits per heavy atom. The Balaban J connectivity index is 1.91. The van der Waals surface area contributed by atoms with Gasteiger partial charge in [0.2, 0.25) is 5.95 Å². The molecule has 0 atom stereocenters. The van der Waals surface area contributed by atoms with Gasteiger partial charge in [-0.2, -0.15) is 5.10 Å². The van der Waals surface area contributed by atoms with Crippen molar-refractivity contribution >= 4 is 28.3 Å². The number of hydrogen-bond donors (Lipinski definition) is 2. The van der Waals surface area contributed by atoms with E-state index in [-0.39, 0.29) is 5.56 Å². The Hall–Kier alpha value is -2.22. The van der Waals surface area contributed by atoms with Gasteiger partial charge in [0, 0.05) is 12.4 Å². The SMILES string of the molecule is Cn1ncc2nc(NCc3cscn3)[nH]c(=O)c21. The lowest BCUT2D eigenvalue weighted by Gasteiger charge is -2.03. The van der Waals surface area contributed by atoms with Crippen molar-refractivity contribution in [3.63, 3.8) is 0 Å². The van der Waals surface area contributed by atoms with Gasteiger partial charge >= 0.3 is 0 Å². The molecule has 0 aliphatic carbocycles. The lowest BCUT2D eigenvalue weighted by Crippen LogP contribution is -2.15. The molecule has 2 N–H and O–H groups in total.